The largest absolute Gasteiger partial charge is 0.492 e. The number of ether oxygens (including phenoxy) is 1. The molecule has 2 rings (SSSR count). The first-order valence-electron chi connectivity index (χ1n) is 6.05. The van der Waals surface area contributed by atoms with Crippen LogP contribution in [-0.2, 0) is 6.54 Å². The lowest BCUT2D eigenvalue weighted by molar-refractivity contribution is 0.0696. The summed E-state index contributed by atoms with van der Waals surface area (Å²) in [6.07, 6.45) is 0. The van der Waals surface area contributed by atoms with E-state index in [1.165, 1.54) is 10.9 Å². The molecular weight excluding hydrogens is 342 g/mol. The standard InChI is InChI=1S/C14H14BrNO3S/c15-11-7-13(20-9-11)8-16-4-5-19-12-3-1-2-10(6-12)14(17)18/h1-3,6-7,9,16H,4-5,8H2,(H,17,18). The van der Waals surface area contributed by atoms with Gasteiger partial charge in [-0.05, 0) is 40.2 Å². The summed E-state index contributed by atoms with van der Waals surface area (Å²) in [6.45, 7) is 2.00. The number of aromatic carboxylic acids is 1. The van der Waals surface area contributed by atoms with Crippen LogP contribution in [0.5, 0.6) is 5.75 Å². The molecule has 2 N–H and O–H groups in total. The molecule has 0 amide bonds. The molecule has 106 valence electrons. The number of carboxylic acid groups (broad SMARTS) is 1. The van der Waals surface area contributed by atoms with E-state index in [9.17, 15) is 4.79 Å². The van der Waals surface area contributed by atoms with Crippen LogP contribution in [-0.4, -0.2) is 24.2 Å². The normalized spacial score (nSPS) is 10.4. The minimum Gasteiger partial charge on any atom is -0.492 e. The van der Waals surface area contributed by atoms with Gasteiger partial charge in [-0.3, -0.25) is 0 Å². The predicted molar refractivity (Wildman–Crippen MR) is 82.6 cm³/mol. The molecule has 1 aromatic carbocycles. The number of carboxylic acids is 1. The lowest BCUT2D eigenvalue weighted by atomic mass is 10.2. The van der Waals surface area contributed by atoms with Gasteiger partial charge in [0.1, 0.15) is 12.4 Å². The third-order valence-corrected chi connectivity index (χ3v) is 4.25. The van der Waals surface area contributed by atoms with Crippen LogP contribution < -0.4 is 10.1 Å². The summed E-state index contributed by atoms with van der Waals surface area (Å²) in [7, 11) is 0. The number of halogens is 1. The van der Waals surface area contributed by atoms with Crippen LogP contribution in [0, 0.1) is 0 Å². The quantitative estimate of drug-likeness (QED) is 0.747. The van der Waals surface area contributed by atoms with Crippen LogP contribution >= 0.6 is 27.3 Å². The second-order valence-corrected chi connectivity index (χ2v) is 6.00. The Labute approximate surface area is 129 Å². The third-order valence-electron chi connectivity index (χ3n) is 2.55. The Kier molecular flexibility index (Phi) is 5.58. The molecule has 6 heteroatoms. The number of carbonyl (C=O) groups is 1. The summed E-state index contributed by atoms with van der Waals surface area (Å²) in [5.41, 5.74) is 0.235. The Morgan fingerprint density at radius 1 is 1.40 bits per heavy atom. The van der Waals surface area contributed by atoms with Crippen LogP contribution in [0.2, 0.25) is 0 Å². The molecule has 1 heterocycles. The molecule has 4 nitrogen and oxygen atoms in total. The van der Waals surface area contributed by atoms with Crippen LogP contribution in [0.25, 0.3) is 0 Å². The Bertz CT molecular complexity index is 585. The molecule has 0 spiro atoms. The molecule has 0 aliphatic heterocycles. The molecule has 0 atom stereocenters. The molecule has 2 aromatic rings. The first kappa shape index (κ1) is 15.0. The van der Waals surface area contributed by atoms with Crippen molar-refractivity contribution in [2.24, 2.45) is 0 Å². The topological polar surface area (TPSA) is 58.6 Å². The third kappa shape index (κ3) is 4.63. The van der Waals surface area contributed by atoms with Crippen molar-refractivity contribution in [2.45, 2.75) is 6.54 Å². The van der Waals surface area contributed by atoms with E-state index in [4.69, 9.17) is 9.84 Å². The zero-order valence-electron chi connectivity index (χ0n) is 10.6. The van der Waals surface area contributed by atoms with E-state index in [1.54, 1.807) is 29.5 Å². The van der Waals surface area contributed by atoms with Gasteiger partial charge in [-0.25, -0.2) is 4.79 Å². The molecule has 0 unspecified atom stereocenters. The Hall–Kier alpha value is -1.37. The highest BCUT2D eigenvalue weighted by atomic mass is 79.9. The van der Waals surface area contributed by atoms with E-state index in [0.29, 0.717) is 18.9 Å². The smallest absolute Gasteiger partial charge is 0.335 e. The SMILES string of the molecule is O=C(O)c1cccc(OCCNCc2cc(Br)cs2)c1. The molecule has 0 bridgehead atoms. The minimum absolute atomic E-state index is 0.235. The van der Waals surface area contributed by atoms with Crippen molar-refractivity contribution in [1.29, 1.82) is 0 Å². The fourth-order valence-electron chi connectivity index (χ4n) is 1.62. The average molecular weight is 356 g/mol. The van der Waals surface area contributed by atoms with Gasteiger partial charge in [0.25, 0.3) is 0 Å². The van der Waals surface area contributed by atoms with Gasteiger partial charge in [0.15, 0.2) is 0 Å². The van der Waals surface area contributed by atoms with E-state index in [1.807, 2.05) is 5.38 Å². The number of hydrogen-bond donors (Lipinski definition) is 2. The van der Waals surface area contributed by atoms with Crippen molar-refractivity contribution < 1.29 is 14.6 Å². The van der Waals surface area contributed by atoms with Gasteiger partial charge in [-0.1, -0.05) is 6.07 Å². The number of benzene rings is 1. The van der Waals surface area contributed by atoms with E-state index in [-0.39, 0.29) is 5.56 Å². The molecular formula is C14H14BrNO3S. The van der Waals surface area contributed by atoms with E-state index in [0.717, 1.165) is 11.0 Å². The molecule has 0 aliphatic rings. The van der Waals surface area contributed by atoms with Gasteiger partial charge in [0.2, 0.25) is 0 Å². The van der Waals surface area contributed by atoms with Gasteiger partial charge in [0.05, 0.1) is 5.56 Å². The summed E-state index contributed by atoms with van der Waals surface area (Å²) in [4.78, 5) is 12.1. The molecule has 0 radical (unpaired) electrons. The second kappa shape index (κ2) is 7.42. The van der Waals surface area contributed by atoms with Crippen molar-refractivity contribution >= 4 is 33.2 Å². The van der Waals surface area contributed by atoms with E-state index >= 15 is 0 Å². The van der Waals surface area contributed by atoms with Gasteiger partial charge in [0, 0.05) is 27.8 Å². The maximum Gasteiger partial charge on any atom is 0.335 e. The molecule has 20 heavy (non-hydrogen) atoms. The van der Waals surface area contributed by atoms with Crippen LogP contribution in [0.4, 0.5) is 0 Å². The fraction of sp³-hybridized carbons (Fsp3) is 0.214. The molecule has 1 aromatic heterocycles. The van der Waals surface area contributed by atoms with Crippen molar-refractivity contribution in [2.75, 3.05) is 13.2 Å². The number of hydrogen-bond acceptors (Lipinski definition) is 4. The van der Waals surface area contributed by atoms with E-state index < -0.39 is 5.97 Å². The number of rotatable bonds is 7. The highest BCUT2D eigenvalue weighted by molar-refractivity contribution is 9.10. The Balaban J connectivity index is 1.70. The summed E-state index contributed by atoms with van der Waals surface area (Å²) >= 11 is 5.11. The second-order valence-electron chi connectivity index (χ2n) is 4.09. The monoisotopic (exact) mass is 355 g/mol. The summed E-state index contributed by atoms with van der Waals surface area (Å²) < 4.78 is 6.61. The maximum atomic E-state index is 10.8. The zero-order valence-corrected chi connectivity index (χ0v) is 13.0. The fourth-order valence-corrected chi connectivity index (χ4v) is 3.04. The Morgan fingerprint density at radius 2 is 2.25 bits per heavy atom. The number of nitrogens with one attached hydrogen (secondary N) is 1. The van der Waals surface area contributed by atoms with Gasteiger partial charge in [-0.15, -0.1) is 11.3 Å². The molecule has 0 aliphatic carbocycles. The lowest BCUT2D eigenvalue weighted by Gasteiger charge is -2.07. The van der Waals surface area contributed by atoms with Gasteiger partial charge < -0.3 is 15.2 Å². The molecule has 0 fully saturated rings. The van der Waals surface area contributed by atoms with Gasteiger partial charge >= 0.3 is 5.97 Å². The minimum atomic E-state index is -0.947. The van der Waals surface area contributed by atoms with Crippen LogP contribution in [0.15, 0.2) is 40.2 Å². The first-order chi connectivity index (χ1) is 9.65. The van der Waals surface area contributed by atoms with E-state index in [2.05, 4.69) is 27.3 Å². The summed E-state index contributed by atoms with van der Waals surface area (Å²) in [5, 5.41) is 14.2. The predicted octanol–water partition coefficient (Wildman–Crippen LogP) is 3.38. The first-order valence-corrected chi connectivity index (χ1v) is 7.72. The summed E-state index contributed by atoms with van der Waals surface area (Å²) in [5.74, 6) is -0.373. The van der Waals surface area contributed by atoms with Crippen molar-refractivity contribution in [3.05, 3.63) is 50.6 Å². The molecule has 0 saturated heterocycles. The van der Waals surface area contributed by atoms with Crippen molar-refractivity contribution in [1.82, 2.24) is 5.32 Å². The Morgan fingerprint density at radius 3 is 2.95 bits per heavy atom. The summed E-state index contributed by atoms with van der Waals surface area (Å²) in [6, 6.07) is 8.58. The maximum absolute atomic E-state index is 10.8. The highest BCUT2D eigenvalue weighted by Crippen LogP contribution is 2.19. The average Bonchev–Trinajstić information content (AvgIpc) is 2.84. The number of thiophene rings is 1. The van der Waals surface area contributed by atoms with Crippen LogP contribution in [0.3, 0.4) is 0 Å². The van der Waals surface area contributed by atoms with Gasteiger partial charge in [-0.2, -0.15) is 0 Å². The van der Waals surface area contributed by atoms with Crippen molar-refractivity contribution in [3.63, 3.8) is 0 Å². The highest BCUT2D eigenvalue weighted by Gasteiger charge is 2.03. The zero-order chi connectivity index (χ0) is 14.4. The van der Waals surface area contributed by atoms with Crippen molar-refractivity contribution in [3.8, 4) is 5.75 Å². The van der Waals surface area contributed by atoms with Crippen LogP contribution in [0.1, 0.15) is 15.2 Å². The molecule has 0 saturated carbocycles. The lowest BCUT2D eigenvalue weighted by Crippen LogP contribution is -2.20.